The molecule has 0 bridgehead atoms. The van der Waals surface area contributed by atoms with Gasteiger partial charge < -0.3 is 20.1 Å². The van der Waals surface area contributed by atoms with Gasteiger partial charge in [-0.25, -0.2) is 0 Å². The van der Waals surface area contributed by atoms with Gasteiger partial charge >= 0.3 is 0 Å². The Morgan fingerprint density at radius 3 is 2.44 bits per heavy atom. The quantitative estimate of drug-likeness (QED) is 0.758. The van der Waals surface area contributed by atoms with E-state index in [2.05, 4.69) is 17.6 Å². The van der Waals surface area contributed by atoms with Crippen LogP contribution in [0, 0.1) is 11.8 Å². The molecule has 1 heterocycles. The van der Waals surface area contributed by atoms with E-state index in [9.17, 15) is 4.79 Å². The summed E-state index contributed by atoms with van der Waals surface area (Å²) >= 11 is 0. The minimum absolute atomic E-state index is 0.0689. The average molecular weight is 368 g/mol. The summed E-state index contributed by atoms with van der Waals surface area (Å²) in [7, 11) is 1.62. The maximum absolute atomic E-state index is 12.4. The molecule has 0 spiro atoms. The summed E-state index contributed by atoms with van der Waals surface area (Å²) in [5.74, 6) is 3.14. The van der Waals surface area contributed by atoms with E-state index < -0.39 is 0 Å². The monoisotopic (exact) mass is 368 g/mol. The van der Waals surface area contributed by atoms with Crippen molar-refractivity contribution in [2.24, 2.45) is 11.8 Å². The molecule has 1 aliphatic heterocycles. The molecule has 1 saturated heterocycles. The average Bonchev–Trinajstić information content (AvgIpc) is 2.70. The molecule has 144 valence electrons. The first kappa shape index (κ1) is 19.2. The van der Waals surface area contributed by atoms with Crippen molar-refractivity contribution in [1.82, 2.24) is 5.32 Å². The Morgan fingerprint density at radius 1 is 1.11 bits per heavy atom. The molecule has 3 rings (SSSR count). The molecular formula is C22H28N2O3. The Balaban J connectivity index is 1.53. The zero-order valence-electron chi connectivity index (χ0n) is 16.0. The Bertz CT molecular complexity index is 739. The van der Waals surface area contributed by atoms with Gasteiger partial charge in [-0.15, -0.1) is 0 Å². The van der Waals surface area contributed by atoms with Crippen LogP contribution in [0.2, 0.25) is 0 Å². The molecule has 2 aromatic rings. The maximum Gasteiger partial charge on any atom is 0.224 e. The standard InChI is InChI=1S/C22H28N2O3/c1-16(17-11-13-23-14-12-17)15-22(25)24-18-7-9-19(10-8-18)27-21-6-4-3-5-20(21)26-2/h3-10,16-17,23H,11-15H2,1-2H3,(H,24,25). The molecule has 5 heteroatoms. The fraction of sp³-hybridized carbons (Fsp3) is 0.409. The summed E-state index contributed by atoms with van der Waals surface area (Å²) in [6.45, 7) is 4.30. The predicted octanol–water partition coefficient (Wildman–Crippen LogP) is 4.45. The molecule has 1 amide bonds. The van der Waals surface area contributed by atoms with E-state index in [-0.39, 0.29) is 5.91 Å². The first-order valence-corrected chi connectivity index (χ1v) is 9.57. The van der Waals surface area contributed by atoms with E-state index in [4.69, 9.17) is 9.47 Å². The van der Waals surface area contributed by atoms with E-state index in [0.29, 0.717) is 35.5 Å². The molecule has 0 aromatic heterocycles. The van der Waals surface area contributed by atoms with Crippen LogP contribution in [-0.2, 0) is 4.79 Å². The molecule has 0 aliphatic carbocycles. The van der Waals surface area contributed by atoms with E-state index >= 15 is 0 Å². The Hall–Kier alpha value is -2.53. The van der Waals surface area contributed by atoms with Crippen LogP contribution < -0.4 is 20.1 Å². The van der Waals surface area contributed by atoms with Gasteiger partial charge in [0.15, 0.2) is 11.5 Å². The number of rotatable bonds is 7. The van der Waals surface area contributed by atoms with E-state index in [1.165, 1.54) is 0 Å². The van der Waals surface area contributed by atoms with Crippen molar-refractivity contribution in [2.75, 3.05) is 25.5 Å². The van der Waals surface area contributed by atoms with Crippen molar-refractivity contribution in [3.8, 4) is 17.2 Å². The number of carbonyl (C=O) groups is 1. The molecule has 1 fully saturated rings. The number of ether oxygens (including phenoxy) is 2. The number of piperidine rings is 1. The fourth-order valence-electron chi connectivity index (χ4n) is 3.52. The summed E-state index contributed by atoms with van der Waals surface area (Å²) < 4.78 is 11.2. The van der Waals surface area contributed by atoms with Crippen LogP contribution in [0.15, 0.2) is 48.5 Å². The highest BCUT2D eigenvalue weighted by molar-refractivity contribution is 5.90. The molecule has 5 nitrogen and oxygen atoms in total. The number of benzene rings is 2. The first-order chi connectivity index (χ1) is 13.2. The molecule has 0 saturated carbocycles. The SMILES string of the molecule is COc1ccccc1Oc1ccc(NC(=O)CC(C)C2CCNCC2)cc1. The second-order valence-corrected chi connectivity index (χ2v) is 7.09. The van der Waals surface area contributed by atoms with Crippen LogP contribution >= 0.6 is 0 Å². The van der Waals surface area contributed by atoms with Crippen molar-refractivity contribution < 1.29 is 14.3 Å². The van der Waals surface area contributed by atoms with Crippen LogP contribution in [-0.4, -0.2) is 26.1 Å². The molecule has 2 N–H and O–H groups in total. The van der Waals surface area contributed by atoms with Crippen molar-refractivity contribution in [3.63, 3.8) is 0 Å². The summed E-state index contributed by atoms with van der Waals surface area (Å²) in [6.07, 6.45) is 2.87. The van der Waals surface area contributed by atoms with Crippen molar-refractivity contribution in [2.45, 2.75) is 26.2 Å². The van der Waals surface area contributed by atoms with Gasteiger partial charge in [-0.2, -0.15) is 0 Å². The smallest absolute Gasteiger partial charge is 0.224 e. The van der Waals surface area contributed by atoms with Crippen LogP contribution in [0.3, 0.4) is 0 Å². The van der Waals surface area contributed by atoms with Crippen molar-refractivity contribution in [1.29, 1.82) is 0 Å². The van der Waals surface area contributed by atoms with Crippen LogP contribution in [0.1, 0.15) is 26.2 Å². The molecule has 2 aromatic carbocycles. The van der Waals surface area contributed by atoms with Gasteiger partial charge in [0.05, 0.1) is 7.11 Å². The van der Waals surface area contributed by atoms with Gasteiger partial charge in [0.2, 0.25) is 5.91 Å². The number of hydrogen-bond acceptors (Lipinski definition) is 4. The van der Waals surface area contributed by atoms with Gasteiger partial charge in [-0.3, -0.25) is 4.79 Å². The number of anilines is 1. The first-order valence-electron chi connectivity index (χ1n) is 9.57. The van der Waals surface area contributed by atoms with Crippen LogP contribution in [0.5, 0.6) is 17.2 Å². The van der Waals surface area contributed by atoms with Gasteiger partial charge in [-0.05, 0) is 74.2 Å². The lowest BCUT2D eigenvalue weighted by atomic mass is 9.84. The van der Waals surface area contributed by atoms with Gasteiger partial charge in [0.1, 0.15) is 5.75 Å². The van der Waals surface area contributed by atoms with E-state index in [1.54, 1.807) is 7.11 Å². The summed E-state index contributed by atoms with van der Waals surface area (Å²) in [5.41, 5.74) is 0.782. The third-order valence-corrected chi connectivity index (χ3v) is 5.13. The molecule has 1 unspecified atom stereocenters. The zero-order valence-corrected chi connectivity index (χ0v) is 16.0. The lowest BCUT2D eigenvalue weighted by molar-refractivity contribution is -0.117. The molecule has 1 atom stereocenters. The third-order valence-electron chi connectivity index (χ3n) is 5.13. The number of hydrogen-bond donors (Lipinski definition) is 2. The predicted molar refractivity (Wildman–Crippen MR) is 108 cm³/mol. The number of para-hydroxylation sites is 2. The van der Waals surface area contributed by atoms with Crippen molar-refractivity contribution >= 4 is 11.6 Å². The molecule has 0 radical (unpaired) electrons. The minimum Gasteiger partial charge on any atom is -0.493 e. The number of amides is 1. The second-order valence-electron chi connectivity index (χ2n) is 7.09. The number of nitrogens with one attached hydrogen (secondary N) is 2. The normalized spacial score (nSPS) is 15.8. The summed E-state index contributed by atoms with van der Waals surface area (Å²) in [4.78, 5) is 12.4. The topological polar surface area (TPSA) is 59.6 Å². The highest BCUT2D eigenvalue weighted by Crippen LogP contribution is 2.31. The Kier molecular flexibility index (Phi) is 6.71. The number of carbonyl (C=O) groups excluding carboxylic acids is 1. The van der Waals surface area contributed by atoms with Gasteiger partial charge in [-0.1, -0.05) is 19.1 Å². The largest absolute Gasteiger partial charge is 0.493 e. The van der Waals surface area contributed by atoms with Crippen LogP contribution in [0.4, 0.5) is 5.69 Å². The molecule has 1 aliphatic rings. The van der Waals surface area contributed by atoms with Gasteiger partial charge in [0.25, 0.3) is 0 Å². The molecular weight excluding hydrogens is 340 g/mol. The highest BCUT2D eigenvalue weighted by Gasteiger charge is 2.22. The Morgan fingerprint density at radius 2 is 1.78 bits per heavy atom. The minimum atomic E-state index is 0.0689. The third kappa shape index (κ3) is 5.47. The van der Waals surface area contributed by atoms with E-state index in [1.807, 2.05) is 48.5 Å². The molecule has 27 heavy (non-hydrogen) atoms. The number of methoxy groups -OCH3 is 1. The lowest BCUT2D eigenvalue weighted by Crippen LogP contribution is -2.32. The fourth-order valence-corrected chi connectivity index (χ4v) is 3.52. The van der Waals surface area contributed by atoms with Crippen molar-refractivity contribution in [3.05, 3.63) is 48.5 Å². The van der Waals surface area contributed by atoms with Gasteiger partial charge in [0, 0.05) is 12.1 Å². The highest BCUT2D eigenvalue weighted by atomic mass is 16.5. The maximum atomic E-state index is 12.4. The lowest BCUT2D eigenvalue weighted by Gasteiger charge is -2.27. The van der Waals surface area contributed by atoms with E-state index in [0.717, 1.165) is 31.6 Å². The second kappa shape index (κ2) is 9.42. The summed E-state index contributed by atoms with van der Waals surface area (Å²) in [6, 6.07) is 14.9. The Labute approximate surface area is 161 Å². The zero-order chi connectivity index (χ0) is 19.1. The van der Waals surface area contributed by atoms with Crippen LogP contribution in [0.25, 0.3) is 0 Å². The summed E-state index contributed by atoms with van der Waals surface area (Å²) in [5, 5.41) is 6.36.